The fourth-order valence-electron chi connectivity index (χ4n) is 8.53. The van der Waals surface area contributed by atoms with Crippen molar-refractivity contribution in [2.45, 2.75) is 289 Å². The van der Waals surface area contributed by atoms with Gasteiger partial charge in [-0.15, -0.1) is 0 Å². The zero-order valence-electron chi connectivity index (χ0n) is 45.2. The maximum atomic E-state index is 13.0. The first kappa shape index (κ1) is 65.7. The Hall–Kier alpha value is -1.28. The molecule has 0 aliphatic carbocycles. The molecule has 0 aromatic carbocycles. The summed E-state index contributed by atoms with van der Waals surface area (Å²) in [6.45, 7) is 4.82. The van der Waals surface area contributed by atoms with Crippen molar-refractivity contribution in [3.8, 4) is 0 Å². The molecule has 0 spiro atoms. The number of quaternary nitrogens is 1. The third-order valence-corrected chi connectivity index (χ3v) is 14.1. The Morgan fingerprint density at radius 3 is 1.19 bits per heavy atom. The van der Waals surface area contributed by atoms with Crippen LogP contribution in [-0.4, -0.2) is 73.4 Å². The lowest BCUT2D eigenvalue weighted by Gasteiger charge is -2.25. The zero-order valence-corrected chi connectivity index (χ0v) is 46.0. The van der Waals surface area contributed by atoms with Crippen LogP contribution in [-0.2, 0) is 18.4 Å². The quantitative estimate of drug-likeness (QED) is 0.0243. The van der Waals surface area contributed by atoms with Gasteiger partial charge in [-0.3, -0.25) is 13.8 Å². The SMILES string of the molecule is CCCCCCCC/C=C\CCCCCCCCCCCC(=O)NC(COP(=O)(O)OCC[N+](C)(C)C)C(O)/C=C/CC/C=C/CCCCCCCCCCCCCCCCCCCCCC. The molecule has 67 heavy (non-hydrogen) atoms. The van der Waals surface area contributed by atoms with Crippen molar-refractivity contribution < 1.29 is 32.9 Å². The Morgan fingerprint density at radius 2 is 0.821 bits per heavy atom. The van der Waals surface area contributed by atoms with Crippen LogP contribution in [0.3, 0.4) is 0 Å². The van der Waals surface area contributed by atoms with E-state index in [1.807, 2.05) is 27.2 Å². The van der Waals surface area contributed by atoms with Crippen LogP contribution >= 0.6 is 7.82 Å². The first-order valence-corrected chi connectivity index (χ1v) is 30.4. The number of rotatable bonds is 53. The number of phosphoric acid groups is 1. The van der Waals surface area contributed by atoms with E-state index in [9.17, 15) is 19.4 Å². The summed E-state index contributed by atoms with van der Waals surface area (Å²) in [5.41, 5.74) is 0. The molecule has 0 saturated heterocycles. The van der Waals surface area contributed by atoms with Gasteiger partial charge in [-0.25, -0.2) is 4.57 Å². The molecule has 0 radical (unpaired) electrons. The molecule has 0 saturated carbocycles. The highest BCUT2D eigenvalue weighted by Crippen LogP contribution is 2.43. The molecule has 0 aromatic rings. The van der Waals surface area contributed by atoms with Crippen molar-refractivity contribution in [1.82, 2.24) is 5.32 Å². The van der Waals surface area contributed by atoms with E-state index in [1.54, 1.807) is 6.08 Å². The fraction of sp³-hybridized carbons (Fsp3) is 0.879. The van der Waals surface area contributed by atoms with Gasteiger partial charge in [-0.05, 0) is 57.8 Å². The smallest absolute Gasteiger partial charge is 0.387 e. The summed E-state index contributed by atoms with van der Waals surface area (Å²) in [6.07, 6.45) is 63.9. The van der Waals surface area contributed by atoms with Crippen LogP contribution < -0.4 is 5.32 Å². The van der Waals surface area contributed by atoms with Crippen molar-refractivity contribution >= 4 is 13.7 Å². The molecule has 8 nitrogen and oxygen atoms in total. The molecule has 1 amide bonds. The van der Waals surface area contributed by atoms with Crippen LogP contribution in [0.4, 0.5) is 0 Å². The molecule has 0 heterocycles. The number of nitrogens with zero attached hydrogens (tertiary/aromatic N) is 1. The fourth-order valence-corrected chi connectivity index (χ4v) is 9.26. The van der Waals surface area contributed by atoms with Gasteiger partial charge in [0.05, 0.1) is 39.9 Å². The maximum absolute atomic E-state index is 13.0. The summed E-state index contributed by atoms with van der Waals surface area (Å²) in [5, 5.41) is 13.9. The number of carbonyl (C=O) groups excluding carboxylic acids is 1. The number of likely N-dealkylation sites (N-methyl/N-ethyl adjacent to an activating group) is 1. The van der Waals surface area contributed by atoms with Gasteiger partial charge in [-0.1, -0.05) is 249 Å². The second-order valence-electron chi connectivity index (χ2n) is 21.0. The van der Waals surface area contributed by atoms with Gasteiger partial charge >= 0.3 is 7.82 Å². The molecule has 0 rings (SSSR count). The van der Waals surface area contributed by atoms with Crippen molar-refractivity contribution in [3.05, 3.63) is 36.5 Å². The number of hydrogen-bond acceptors (Lipinski definition) is 5. The number of hydrogen-bond donors (Lipinski definition) is 3. The Labute approximate surface area is 417 Å². The van der Waals surface area contributed by atoms with Gasteiger partial charge in [-0.2, -0.15) is 0 Å². The number of unbranched alkanes of at least 4 members (excludes halogenated alkanes) is 36. The number of carbonyl (C=O) groups is 1. The molecule has 0 bridgehead atoms. The van der Waals surface area contributed by atoms with E-state index in [-0.39, 0.29) is 19.1 Å². The maximum Gasteiger partial charge on any atom is 0.472 e. The number of allylic oxidation sites excluding steroid dienone is 5. The summed E-state index contributed by atoms with van der Waals surface area (Å²) in [7, 11) is 1.56. The largest absolute Gasteiger partial charge is 0.472 e. The number of amides is 1. The van der Waals surface area contributed by atoms with E-state index < -0.39 is 20.0 Å². The summed E-state index contributed by atoms with van der Waals surface area (Å²) in [4.78, 5) is 23.3. The van der Waals surface area contributed by atoms with E-state index in [1.165, 1.54) is 218 Å². The van der Waals surface area contributed by atoms with Gasteiger partial charge in [0.25, 0.3) is 0 Å². The number of phosphoric ester groups is 1. The number of aliphatic hydroxyl groups is 1. The second kappa shape index (κ2) is 49.7. The standard InChI is InChI=1S/C58H113N2O6P/c1-6-8-10-12-14-16-18-20-22-24-26-27-28-29-30-31-32-34-35-37-39-41-43-45-47-49-51-57(61)56(55-66-67(63,64)65-54-53-60(3,4)5)59-58(62)52-50-48-46-44-42-40-38-36-33-25-23-21-19-17-15-13-11-9-7-2/h21,23,41,43,49,51,56-57,61H,6-20,22,24-40,42,44-48,50,52-55H2,1-5H3,(H-,59,62,63,64)/p+1/b23-21-,43-41+,51-49+. The lowest BCUT2D eigenvalue weighted by Crippen LogP contribution is -2.45. The van der Waals surface area contributed by atoms with E-state index in [0.717, 1.165) is 38.5 Å². The highest BCUT2D eigenvalue weighted by molar-refractivity contribution is 7.47. The average molecular weight is 967 g/mol. The summed E-state index contributed by atoms with van der Waals surface area (Å²) in [6, 6.07) is -0.864. The van der Waals surface area contributed by atoms with Crippen LogP contribution in [0.2, 0.25) is 0 Å². The zero-order chi connectivity index (χ0) is 49.2. The molecule has 396 valence electrons. The van der Waals surface area contributed by atoms with E-state index in [0.29, 0.717) is 17.4 Å². The molecule has 3 unspecified atom stereocenters. The molecule has 0 aliphatic heterocycles. The highest BCUT2D eigenvalue weighted by Gasteiger charge is 2.27. The molecular weight excluding hydrogens is 852 g/mol. The summed E-state index contributed by atoms with van der Waals surface area (Å²) in [5.74, 6) is -0.186. The van der Waals surface area contributed by atoms with Gasteiger partial charge in [0.1, 0.15) is 13.2 Å². The van der Waals surface area contributed by atoms with E-state index in [2.05, 4.69) is 43.5 Å². The van der Waals surface area contributed by atoms with Crippen molar-refractivity contribution in [2.75, 3.05) is 40.9 Å². The molecule has 3 N–H and O–H groups in total. The molecule has 0 aliphatic rings. The Bertz CT molecular complexity index is 1190. The third kappa shape index (κ3) is 52.4. The minimum absolute atomic E-state index is 0.0564. The van der Waals surface area contributed by atoms with Gasteiger partial charge in [0.15, 0.2) is 0 Å². The number of aliphatic hydroxyl groups excluding tert-OH is 1. The van der Waals surface area contributed by atoms with E-state index in [4.69, 9.17) is 9.05 Å². The molecule has 0 fully saturated rings. The van der Waals surface area contributed by atoms with Crippen molar-refractivity contribution in [3.63, 3.8) is 0 Å². The minimum atomic E-state index is -4.35. The Balaban J connectivity index is 4.24. The van der Waals surface area contributed by atoms with Crippen LogP contribution in [0.1, 0.15) is 277 Å². The monoisotopic (exact) mass is 966 g/mol. The van der Waals surface area contributed by atoms with Crippen LogP contribution in [0, 0.1) is 0 Å². The minimum Gasteiger partial charge on any atom is -0.387 e. The molecule has 0 aromatic heterocycles. The van der Waals surface area contributed by atoms with Crippen molar-refractivity contribution in [2.24, 2.45) is 0 Å². The normalized spacial score (nSPS) is 14.2. The lowest BCUT2D eigenvalue weighted by atomic mass is 10.0. The Morgan fingerprint density at radius 1 is 0.493 bits per heavy atom. The van der Waals surface area contributed by atoms with Crippen LogP contribution in [0.25, 0.3) is 0 Å². The first-order valence-electron chi connectivity index (χ1n) is 28.9. The number of nitrogens with one attached hydrogen (secondary N) is 1. The topological polar surface area (TPSA) is 105 Å². The van der Waals surface area contributed by atoms with Crippen molar-refractivity contribution in [1.29, 1.82) is 0 Å². The van der Waals surface area contributed by atoms with Gasteiger partial charge in [0, 0.05) is 6.42 Å². The second-order valence-corrected chi connectivity index (χ2v) is 22.5. The van der Waals surface area contributed by atoms with Gasteiger partial charge in [0.2, 0.25) is 5.91 Å². The third-order valence-electron chi connectivity index (χ3n) is 13.1. The van der Waals surface area contributed by atoms with Crippen LogP contribution in [0.5, 0.6) is 0 Å². The summed E-state index contributed by atoms with van der Waals surface area (Å²) < 4.78 is 23.7. The van der Waals surface area contributed by atoms with Crippen LogP contribution in [0.15, 0.2) is 36.5 Å². The Kier molecular flexibility index (Phi) is 48.7. The summed E-state index contributed by atoms with van der Waals surface area (Å²) >= 11 is 0. The molecular formula is C58H114N2O6P+. The first-order chi connectivity index (χ1) is 32.5. The average Bonchev–Trinajstić information content (AvgIpc) is 3.29. The van der Waals surface area contributed by atoms with Gasteiger partial charge < -0.3 is 19.8 Å². The predicted molar refractivity (Wildman–Crippen MR) is 291 cm³/mol. The van der Waals surface area contributed by atoms with E-state index >= 15 is 0 Å². The molecule has 3 atom stereocenters. The lowest BCUT2D eigenvalue weighted by molar-refractivity contribution is -0.870. The predicted octanol–water partition coefficient (Wildman–Crippen LogP) is 17.4. The molecule has 9 heteroatoms. The highest BCUT2D eigenvalue weighted by atomic mass is 31.2.